The quantitative estimate of drug-likeness (QED) is 0.152. The van der Waals surface area contributed by atoms with Gasteiger partial charge in [0.2, 0.25) is 0 Å². The van der Waals surface area contributed by atoms with E-state index in [1.165, 1.54) is 5.57 Å². The Labute approximate surface area is 261 Å². The highest BCUT2D eigenvalue weighted by atomic mass is 32.2. The van der Waals surface area contributed by atoms with Crippen molar-refractivity contribution >= 4 is 29.8 Å². The molecule has 4 fully saturated rings. The number of allylic oxidation sites excluding steroid dienone is 2. The summed E-state index contributed by atoms with van der Waals surface area (Å²) in [6.45, 7) is 19.0. The van der Waals surface area contributed by atoms with E-state index in [0.717, 1.165) is 25.7 Å². The Hall–Kier alpha value is -2.04. The van der Waals surface area contributed by atoms with Gasteiger partial charge in [0.1, 0.15) is 18.2 Å². The van der Waals surface area contributed by atoms with Crippen LogP contribution in [0.4, 0.5) is 4.79 Å². The molecular weight excluding hydrogens is 570 g/mol. The first-order valence-electron chi connectivity index (χ1n) is 15.5. The van der Waals surface area contributed by atoms with E-state index in [1.807, 2.05) is 26.2 Å². The molecule has 0 aromatic rings. The van der Waals surface area contributed by atoms with Crippen LogP contribution in [0.5, 0.6) is 0 Å². The maximum Gasteiger partial charge on any atom is 0.408 e. The van der Waals surface area contributed by atoms with Crippen LogP contribution >= 0.6 is 11.8 Å². The minimum atomic E-state index is -0.905. The van der Waals surface area contributed by atoms with Crippen molar-refractivity contribution in [2.45, 2.75) is 117 Å². The first-order chi connectivity index (χ1) is 20.0. The van der Waals surface area contributed by atoms with E-state index in [2.05, 4.69) is 25.7 Å². The van der Waals surface area contributed by atoms with Crippen molar-refractivity contribution in [2.75, 3.05) is 25.2 Å². The fraction of sp³-hybridized carbons (Fsp3) is 0.788. The van der Waals surface area contributed by atoms with Crippen LogP contribution in [-0.2, 0) is 33.3 Å². The van der Waals surface area contributed by atoms with Gasteiger partial charge in [-0.2, -0.15) is 11.8 Å². The molecule has 1 N–H and O–H groups in total. The second-order valence-electron chi connectivity index (χ2n) is 14.5. The van der Waals surface area contributed by atoms with Crippen molar-refractivity contribution in [1.82, 2.24) is 5.32 Å². The number of carbonyl (C=O) groups excluding carboxylic acids is 3. The molecule has 2 aliphatic heterocycles. The first-order valence-corrected chi connectivity index (χ1v) is 16.9. The maximum atomic E-state index is 13.2. The maximum absolute atomic E-state index is 13.2. The lowest BCUT2D eigenvalue weighted by atomic mass is 9.46. The van der Waals surface area contributed by atoms with Gasteiger partial charge in [0, 0.05) is 5.41 Å². The van der Waals surface area contributed by atoms with E-state index in [9.17, 15) is 14.4 Å². The van der Waals surface area contributed by atoms with E-state index < -0.39 is 41.6 Å². The summed E-state index contributed by atoms with van der Waals surface area (Å²) in [5, 5.41) is 2.64. The highest BCUT2D eigenvalue weighted by molar-refractivity contribution is 7.98. The predicted octanol–water partition coefficient (Wildman–Crippen LogP) is 5.96. The highest BCUT2D eigenvalue weighted by Gasteiger charge is 2.60. The molecule has 242 valence electrons. The van der Waals surface area contributed by atoms with Gasteiger partial charge in [0.05, 0.1) is 18.3 Å². The molecule has 7 atom stereocenters. The van der Waals surface area contributed by atoms with Crippen molar-refractivity contribution < 1.29 is 38.1 Å². The number of esters is 2. The summed E-state index contributed by atoms with van der Waals surface area (Å²) in [5.74, 6) is -0.506. The van der Waals surface area contributed by atoms with Crippen molar-refractivity contribution in [3.63, 3.8) is 0 Å². The number of amides is 1. The Morgan fingerprint density at radius 1 is 1.19 bits per heavy atom. The Balaban J connectivity index is 1.48. The van der Waals surface area contributed by atoms with Crippen LogP contribution in [0, 0.1) is 22.7 Å². The fourth-order valence-corrected chi connectivity index (χ4v) is 8.14. The van der Waals surface area contributed by atoms with Crippen molar-refractivity contribution in [1.29, 1.82) is 0 Å². The topological polar surface area (TPSA) is 109 Å². The molecule has 2 saturated carbocycles. The first kappa shape index (κ1) is 33.8. The Bertz CT molecular complexity index is 1130. The van der Waals surface area contributed by atoms with E-state index in [4.69, 9.17) is 23.7 Å². The van der Waals surface area contributed by atoms with Crippen molar-refractivity contribution in [3.8, 4) is 0 Å². The second kappa shape index (κ2) is 12.8. The number of ether oxygens (including phenoxy) is 5. The number of hydrogen-bond acceptors (Lipinski definition) is 9. The lowest BCUT2D eigenvalue weighted by Crippen LogP contribution is -2.62. The largest absolute Gasteiger partial charge is 0.458 e. The normalized spacial score (nSPS) is 35.4. The molecule has 2 heterocycles. The summed E-state index contributed by atoms with van der Waals surface area (Å²) in [6, 6.07) is -0.905. The van der Waals surface area contributed by atoms with Gasteiger partial charge in [-0.1, -0.05) is 32.1 Å². The lowest BCUT2D eigenvalue weighted by molar-refractivity contribution is -0.344. The van der Waals surface area contributed by atoms with Crippen LogP contribution in [0.1, 0.15) is 87.0 Å². The van der Waals surface area contributed by atoms with Crippen molar-refractivity contribution in [3.05, 3.63) is 23.8 Å². The third-order valence-corrected chi connectivity index (χ3v) is 10.5. The number of rotatable bonds is 8. The Morgan fingerprint density at radius 2 is 1.91 bits per heavy atom. The number of fused-ring (bicyclic) bond motifs is 3. The van der Waals surface area contributed by atoms with E-state index in [0.29, 0.717) is 36.7 Å². The van der Waals surface area contributed by atoms with Gasteiger partial charge in [-0.25, -0.2) is 14.4 Å². The Kier molecular flexibility index (Phi) is 10.0. The molecule has 0 bridgehead atoms. The van der Waals surface area contributed by atoms with Gasteiger partial charge in [-0.3, -0.25) is 0 Å². The molecule has 2 aliphatic carbocycles. The minimum absolute atomic E-state index is 0.0409. The zero-order chi connectivity index (χ0) is 31.8. The number of cyclic esters (lactones) is 1. The van der Waals surface area contributed by atoms with E-state index in [1.54, 1.807) is 32.5 Å². The average Bonchev–Trinajstić information content (AvgIpc) is 3.24. The molecule has 9 nitrogen and oxygen atoms in total. The smallest absolute Gasteiger partial charge is 0.408 e. The second-order valence-corrected chi connectivity index (χ2v) is 15.5. The molecule has 0 radical (unpaired) electrons. The van der Waals surface area contributed by atoms with Crippen LogP contribution in [0.3, 0.4) is 0 Å². The van der Waals surface area contributed by atoms with E-state index >= 15 is 0 Å². The summed E-state index contributed by atoms with van der Waals surface area (Å²) in [7, 11) is 0. The van der Waals surface area contributed by atoms with Gasteiger partial charge < -0.3 is 29.0 Å². The highest BCUT2D eigenvalue weighted by Crippen LogP contribution is 2.63. The van der Waals surface area contributed by atoms with Crippen LogP contribution in [0.15, 0.2) is 23.8 Å². The number of carbonyl (C=O) groups is 3. The molecule has 0 spiro atoms. The van der Waals surface area contributed by atoms with Crippen LogP contribution in [0.25, 0.3) is 0 Å². The van der Waals surface area contributed by atoms with Crippen LogP contribution < -0.4 is 5.32 Å². The molecule has 4 rings (SSSR count). The molecular formula is C33H51NO8S. The molecule has 2 saturated heterocycles. The third-order valence-electron chi connectivity index (χ3n) is 9.84. The fourth-order valence-electron chi connectivity index (χ4n) is 7.67. The van der Waals surface area contributed by atoms with Gasteiger partial charge in [-0.05, 0) is 102 Å². The van der Waals surface area contributed by atoms with Crippen LogP contribution in [-0.4, -0.2) is 72.9 Å². The van der Waals surface area contributed by atoms with Gasteiger partial charge in [-0.15, -0.1) is 0 Å². The van der Waals surface area contributed by atoms with Gasteiger partial charge >= 0.3 is 18.0 Å². The molecule has 4 aliphatic rings. The molecule has 0 aromatic carbocycles. The molecule has 1 amide bonds. The number of thioether (sulfide) groups is 1. The predicted molar refractivity (Wildman–Crippen MR) is 165 cm³/mol. The molecule has 2 unspecified atom stereocenters. The molecule has 0 aromatic heterocycles. The van der Waals surface area contributed by atoms with E-state index in [-0.39, 0.29) is 29.5 Å². The lowest BCUT2D eigenvalue weighted by Gasteiger charge is -2.63. The average molecular weight is 622 g/mol. The van der Waals surface area contributed by atoms with Crippen LogP contribution in [0.2, 0.25) is 0 Å². The summed E-state index contributed by atoms with van der Waals surface area (Å²) in [4.78, 5) is 38.5. The number of hydrogen-bond donors (Lipinski definition) is 1. The summed E-state index contributed by atoms with van der Waals surface area (Å²) in [5.41, 5.74) is 0.683. The minimum Gasteiger partial charge on any atom is -0.458 e. The SMILES string of the molecule is C=C1CCC2C(C)(CC[C@H]3OC(C)(C)OC[C@@]23C)[C@H]1C/C=C1/C(=O)OC[C@H]1OC(=O)[C@H](CCSC)NC(=O)OC(C)(C)C. The monoisotopic (exact) mass is 621 g/mol. The zero-order valence-corrected chi connectivity index (χ0v) is 28.0. The van der Waals surface area contributed by atoms with Gasteiger partial charge in [0.15, 0.2) is 11.9 Å². The number of alkyl carbamates (subject to hydrolysis) is 1. The van der Waals surface area contributed by atoms with Crippen molar-refractivity contribution in [2.24, 2.45) is 22.7 Å². The molecule has 10 heteroatoms. The number of nitrogens with one attached hydrogen (secondary N) is 1. The zero-order valence-electron chi connectivity index (χ0n) is 27.2. The van der Waals surface area contributed by atoms with Gasteiger partial charge in [0.25, 0.3) is 0 Å². The summed E-state index contributed by atoms with van der Waals surface area (Å²) < 4.78 is 29.1. The Morgan fingerprint density at radius 3 is 2.58 bits per heavy atom. The third kappa shape index (κ3) is 7.44. The molecule has 43 heavy (non-hydrogen) atoms. The summed E-state index contributed by atoms with van der Waals surface area (Å²) >= 11 is 1.56. The standard InChI is InChI=1S/C33H51NO8S/c1-20-10-13-25-32(7,16-14-26-33(25,8)19-39-31(5,6)41-26)22(20)12-11-21-24(18-38-27(21)35)40-28(36)23(15-17-43-9)34-29(37)42-30(2,3)4/h11,22-26H,1,10,12-19H2,2-9H3,(H,34,37)/b21-11+/t22-,23-,24+,25?,26+,32?,33-/m0/s1. The summed E-state index contributed by atoms with van der Waals surface area (Å²) in [6.07, 6.45) is 7.28.